The van der Waals surface area contributed by atoms with Crippen LogP contribution in [0.2, 0.25) is 0 Å². The van der Waals surface area contributed by atoms with Crippen LogP contribution >= 0.6 is 0 Å². The number of nitrogens with one attached hydrogen (secondary N) is 2. The normalized spacial score (nSPS) is 17.3. The summed E-state index contributed by atoms with van der Waals surface area (Å²) in [4.78, 5) is 45.5. The maximum absolute atomic E-state index is 14.3. The molecule has 0 radical (unpaired) electrons. The van der Waals surface area contributed by atoms with E-state index in [1.54, 1.807) is 39.1 Å². The van der Waals surface area contributed by atoms with Gasteiger partial charge in [0, 0.05) is 49.2 Å². The van der Waals surface area contributed by atoms with Crippen molar-refractivity contribution in [3.05, 3.63) is 88.4 Å². The number of nitrogens with zero attached hydrogens (tertiary/aromatic N) is 2. The Hall–Kier alpha value is -4.15. The number of carbonyl (C=O) groups excluding carboxylic acids is 3. The van der Waals surface area contributed by atoms with Crippen LogP contribution in [0.1, 0.15) is 54.9 Å². The van der Waals surface area contributed by atoms with E-state index in [2.05, 4.69) is 15.6 Å². The van der Waals surface area contributed by atoms with Gasteiger partial charge in [-0.15, -0.1) is 0 Å². The van der Waals surface area contributed by atoms with E-state index in [1.165, 1.54) is 31.3 Å². The SMILES string of the molecule is COC(OC)c1ccc(F)cc1CN(CC(=O)Nc1ccc2c(c1)CC1(C2)C(=O)Nc2ncccc21)C(=O)C(C)(C)C. The summed E-state index contributed by atoms with van der Waals surface area (Å²) in [6.45, 7) is 5.03. The first-order valence-corrected chi connectivity index (χ1v) is 13.8. The third-order valence-corrected chi connectivity index (χ3v) is 7.88. The number of carbonyl (C=O) groups is 3. The van der Waals surface area contributed by atoms with E-state index in [4.69, 9.17) is 9.47 Å². The van der Waals surface area contributed by atoms with E-state index in [1.807, 2.05) is 24.3 Å². The van der Waals surface area contributed by atoms with E-state index < -0.39 is 28.8 Å². The number of aromatic nitrogens is 1. The number of pyridine rings is 1. The molecule has 1 atom stereocenters. The van der Waals surface area contributed by atoms with Gasteiger partial charge in [0.1, 0.15) is 18.2 Å². The smallest absolute Gasteiger partial charge is 0.244 e. The van der Waals surface area contributed by atoms with Crippen LogP contribution < -0.4 is 10.6 Å². The Morgan fingerprint density at radius 2 is 1.83 bits per heavy atom. The number of anilines is 2. The van der Waals surface area contributed by atoms with Gasteiger partial charge in [0.25, 0.3) is 0 Å². The van der Waals surface area contributed by atoms with Gasteiger partial charge in [-0.25, -0.2) is 9.37 Å². The lowest BCUT2D eigenvalue weighted by Gasteiger charge is -2.30. The topological polar surface area (TPSA) is 110 Å². The first-order chi connectivity index (χ1) is 19.9. The van der Waals surface area contributed by atoms with Gasteiger partial charge in [-0.1, -0.05) is 39.0 Å². The quantitative estimate of drug-likeness (QED) is 0.383. The fourth-order valence-corrected chi connectivity index (χ4v) is 5.89. The summed E-state index contributed by atoms with van der Waals surface area (Å²) in [6.07, 6.45) is 1.94. The summed E-state index contributed by atoms with van der Waals surface area (Å²) in [5, 5.41) is 5.81. The predicted molar refractivity (Wildman–Crippen MR) is 155 cm³/mol. The molecule has 1 unspecified atom stereocenters. The van der Waals surface area contributed by atoms with Crippen molar-refractivity contribution >= 4 is 29.2 Å². The molecule has 42 heavy (non-hydrogen) atoms. The van der Waals surface area contributed by atoms with E-state index in [0.717, 1.165) is 16.7 Å². The summed E-state index contributed by atoms with van der Waals surface area (Å²) < 4.78 is 25.0. The van der Waals surface area contributed by atoms with Crippen molar-refractivity contribution < 1.29 is 28.2 Å². The Balaban J connectivity index is 1.35. The van der Waals surface area contributed by atoms with Gasteiger partial charge < -0.3 is 25.0 Å². The van der Waals surface area contributed by atoms with Crippen LogP contribution in [0.3, 0.4) is 0 Å². The zero-order valence-electron chi connectivity index (χ0n) is 24.4. The second-order valence-electron chi connectivity index (χ2n) is 11.9. The van der Waals surface area contributed by atoms with Crippen molar-refractivity contribution in [3.8, 4) is 0 Å². The number of hydrogen-bond donors (Lipinski definition) is 2. The van der Waals surface area contributed by atoms with Crippen LogP contribution in [0.5, 0.6) is 0 Å². The predicted octanol–water partition coefficient (Wildman–Crippen LogP) is 4.51. The number of amides is 3. The van der Waals surface area contributed by atoms with E-state index >= 15 is 0 Å². The molecule has 1 aliphatic carbocycles. The van der Waals surface area contributed by atoms with E-state index in [9.17, 15) is 18.8 Å². The van der Waals surface area contributed by atoms with Crippen LogP contribution in [0, 0.1) is 11.2 Å². The highest BCUT2D eigenvalue weighted by Crippen LogP contribution is 2.47. The van der Waals surface area contributed by atoms with Gasteiger partial charge in [0.05, 0.1) is 5.41 Å². The summed E-state index contributed by atoms with van der Waals surface area (Å²) >= 11 is 0. The molecule has 2 N–H and O–H groups in total. The molecule has 10 heteroatoms. The summed E-state index contributed by atoms with van der Waals surface area (Å²) in [5.41, 5.74) is 2.99. The zero-order chi connectivity index (χ0) is 30.2. The maximum Gasteiger partial charge on any atom is 0.244 e. The molecule has 9 nitrogen and oxygen atoms in total. The first kappa shape index (κ1) is 29.3. The van der Waals surface area contributed by atoms with Crippen LogP contribution in [0.25, 0.3) is 0 Å². The van der Waals surface area contributed by atoms with Gasteiger partial charge in [-0.05, 0) is 59.9 Å². The third kappa shape index (κ3) is 5.52. The lowest BCUT2D eigenvalue weighted by molar-refractivity contribution is -0.142. The number of rotatable bonds is 8. The molecule has 3 aromatic rings. The van der Waals surface area contributed by atoms with Crippen molar-refractivity contribution in [2.45, 2.75) is 51.9 Å². The van der Waals surface area contributed by atoms with Gasteiger partial charge in [0.15, 0.2) is 6.29 Å². The second kappa shape index (κ2) is 11.3. The van der Waals surface area contributed by atoms with Gasteiger partial charge >= 0.3 is 0 Å². The highest BCUT2D eigenvalue weighted by Gasteiger charge is 2.51. The van der Waals surface area contributed by atoms with E-state index in [0.29, 0.717) is 35.5 Å². The largest absolute Gasteiger partial charge is 0.352 e. The lowest BCUT2D eigenvalue weighted by atomic mass is 9.79. The standard InChI is InChI=1S/C32H35FN4O5/c1-31(2,3)30(40)37(17-21-13-22(33)9-11-24(21)28(41-4)42-5)18-26(38)35-23-10-8-19-15-32(16-20(19)14-23)25-7-6-12-34-27(25)36-29(32)39/h6-14,28H,15-18H2,1-5H3,(H,35,38)(H,34,36,39). The van der Waals surface area contributed by atoms with Gasteiger partial charge in [0.2, 0.25) is 17.7 Å². The number of fused-ring (bicyclic) bond motifs is 3. The average Bonchev–Trinajstić information content (AvgIpc) is 3.45. The molecule has 2 aliphatic rings. The Morgan fingerprint density at radius 1 is 1.10 bits per heavy atom. The molecule has 0 bridgehead atoms. The van der Waals surface area contributed by atoms with Crippen LogP contribution in [0.4, 0.5) is 15.9 Å². The monoisotopic (exact) mass is 574 g/mol. The molecule has 220 valence electrons. The molecule has 5 rings (SSSR count). The molecule has 0 saturated carbocycles. The van der Waals surface area contributed by atoms with Crippen LogP contribution in [-0.4, -0.2) is 48.4 Å². The molecular formula is C32H35FN4O5. The summed E-state index contributed by atoms with van der Waals surface area (Å²) in [7, 11) is 2.94. The van der Waals surface area contributed by atoms with Crippen molar-refractivity contribution in [1.82, 2.24) is 9.88 Å². The number of hydrogen-bond acceptors (Lipinski definition) is 6. The average molecular weight is 575 g/mol. The van der Waals surface area contributed by atoms with Crippen molar-refractivity contribution in [2.24, 2.45) is 5.41 Å². The minimum Gasteiger partial charge on any atom is -0.352 e. The van der Waals surface area contributed by atoms with Crippen molar-refractivity contribution in [1.29, 1.82) is 0 Å². The highest BCUT2D eigenvalue weighted by molar-refractivity contribution is 6.06. The number of benzene rings is 2. The van der Waals surface area contributed by atoms with Crippen LogP contribution in [-0.2, 0) is 48.7 Å². The Morgan fingerprint density at radius 3 is 2.55 bits per heavy atom. The van der Waals surface area contributed by atoms with Crippen molar-refractivity contribution in [2.75, 3.05) is 31.4 Å². The Bertz CT molecular complexity index is 1550. The van der Waals surface area contributed by atoms with Crippen LogP contribution in [0.15, 0.2) is 54.7 Å². The van der Waals surface area contributed by atoms with Gasteiger partial charge in [-0.3, -0.25) is 14.4 Å². The minimum absolute atomic E-state index is 0.0187. The fourth-order valence-electron chi connectivity index (χ4n) is 5.89. The highest BCUT2D eigenvalue weighted by atomic mass is 19.1. The molecule has 0 fully saturated rings. The second-order valence-corrected chi connectivity index (χ2v) is 11.9. The molecule has 2 heterocycles. The molecule has 1 aromatic heterocycles. The molecular weight excluding hydrogens is 539 g/mol. The van der Waals surface area contributed by atoms with Crippen molar-refractivity contribution in [3.63, 3.8) is 0 Å². The number of methoxy groups -OCH3 is 2. The Labute approximate surface area is 244 Å². The molecule has 1 spiro atoms. The Kier molecular flexibility index (Phi) is 7.87. The first-order valence-electron chi connectivity index (χ1n) is 13.8. The number of ether oxygens (including phenoxy) is 2. The maximum atomic E-state index is 14.3. The van der Waals surface area contributed by atoms with E-state index in [-0.39, 0.29) is 24.9 Å². The molecule has 0 saturated heterocycles. The molecule has 1 aliphatic heterocycles. The molecule has 3 amide bonds. The summed E-state index contributed by atoms with van der Waals surface area (Å²) in [6, 6.07) is 13.5. The third-order valence-electron chi connectivity index (χ3n) is 7.88. The number of halogens is 1. The zero-order valence-corrected chi connectivity index (χ0v) is 24.4. The molecule has 2 aromatic carbocycles. The lowest BCUT2D eigenvalue weighted by Crippen LogP contribution is -2.43. The minimum atomic E-state index is -0.787. The summed E-state index contributed by atoms with van der Waals surface area (Å²) in [5.74, 6) is -0.625. The van der Waals surface area contributed by atoms with Gasteiger partial charge in [-0.2, -0.15) is 0 Å². The fraction of sp³-hybridized carbons (Fsp3) is 0.375.